The number of ketones is 1. The predicted octanol–water partition coefficient (Wildman–Crippen LogP) is 0.555. The van der Waals surface area contributed by atoms with Crippen molar-refractivity contribution in [1.82, 2.24) is 0 Å². The fraction of sp³-hybridized carbons (Fsp3) is 0.500. The molecule has 2 rings (SSSR count). The van der Waals surface area contributed by atoms with Gasteiger partial charge >= 0.3 is 0 Å². The summed E-state index contributed by atoms with van der Waals surface area (Å²) in [5.41, 5.74) is 0.786. The fourth-order valence-corrected chi connectivity index (χ4v) is 2.86. The Hall–Kier alpha value is -1.70. The summed E-state index contributed by atoms with van der Waals surface area (Å²) >= 11 is 0. The smallest absolute Gasteiger partial charge is 0.208 e. The monoisotopic (exact) mass is 273 g/mol. The van der Waals surface area contributed by atoms with Crippen LogP contribution in [0, 0.1) is 11.3 Å². The van der Waals surface area contributed by atoms with E-state index in [1.54, 1.807) is 0 Å². The van der Waals surface area contributed by atoms with E-state index in [9.17, 15) is 10.1 Å². The maximum atomic E-state index is 12.4. The van der Waals surface area contributed by atoms with Crippen LogP contribution < -0.4 is 4.90 Å². The van der Waals surface area contributed by atoms with Crippen molar-refractivity contribution < 1.29 is 14.4 Å². The van der Waals surface area contributed by atoms with Crippen molar-refractivity contribution in [1.29, 1.82) is 5.26 Å². The Balaban J connectivity index is 2.02. The molecule has 4 atom stereocenters. The summed E-state index contributed by atoms with van der Waals surface area (Å²) in [4.78, 5) is 13.6. The zero-order valence-corrected chi connectivity index (χ0v) is 12.0. The Morgan fingerprint density at radius 1 is 1.35 bits per heavy atom. The summed E-state index contributed by atoms with van der Waals surface area (Å²) in [6.07, 6.45) is 0.331. The van der Waals surface area contributed by atoms with Gasteiger partial charge in [-0.2, -0.15) is 5.26 Å². The van der Waals surface area contributed by atoms with Gasteiger partial charge in [-0.25, -0.2) is 0 Å². The third kappa shape index (κ3) is 3.66. The minimum Gasteiger partial charge on any atom is -0.364 e. The Bertz CT molecular complexity index is 485. The summed E-state index contributed by atoms with van der Waals surface area (Å²) in [7, 11) is 0. The van der Waals surface area contributed by atoms with E-state index in [4.69, 9.17) is 4.74 Å². The van der Waals surface area contributed by atoms with Gasteiger partial charge < -0.3 is 9.64 Å². The molecule has 0 spiro atoms. The summed E-state index contributed by atoms with van der Waals surface area (Å²) in [6.45, 7) is 6.09. The molecule has 0 bridgehead atoms. The van der Waals surface area contributed by atoms with E-state index in [-0.39, 0.29) is 18.0 Å². The van der Waals surface area contributed by atoms with E-state index in [0.717, 1.165) is 18.7 Å². The number of ether oxygens (including phenoxy) is 1. The van der Waals surface area contributed by atoms with Crippen LogP contribution >= 0.6 is 0 Å². The predicted molar refractivity (Wildman–Crippen MR) is 75.4 cm³/mol. The number of carbonyl (C=O) groups excluding carboxylic acids is 1. The Morgan fingerprint density at radius 3 is 2.50 bits per heavy atom. The van der Waals surface area contributed by atoms with E-state index in [1.165, 1.54) is 4.90 Å². The summed E-state index contributed by atoms with van der Waals surface area (Å²) in [5, 5.41) is 9.28. The molecule has 1 fully saturated rings. The zero-order valence-electron chi connectivity index (χ0n) is 12.0. The molecule has 0 saturated carbocycles. The van der Waals surface area contributed by atoms with Gasteiger partial charge in [-0.15, -0.1) is 0 Å². The quantitative estimate of drug-likeness (QED) is 0.872. The van der Waals surface area contributed by atoms with Crippen LogP contribution in [0.4, 0.5) is 0 Å². The molecule has 4 nitrogen and oxygen atoms in total. The molecule has 106 valence electrons. The lowest BCUT2D eigenvalue weighted by atomic mass is 9.95. The lowest BCUT2D eigenvalue weighted by molar-refractivity contribution is -0.907. The maximum absolute atomic E-state index is 12.4. The normalized spacial score (nSPS) is 27.6. The number of nitrogens with one attached hydrogen (secondary N) is 1. The van der Waals surface area contributed by atoms with Gasteiger partial charge in [0.2, 0.25) is 5.78 Å². The van der Waals surface area contributed by atoms with Crippen LogP contribution in [0.5, 0.6) is 0 Å². The number of carbonyl (C=O) groups is 1. The van der Waals surface area contributed by atoms with Crippen molar-refractivity contribution in [3.8, 4) is 6.07 Å². The van der Waals surface area contributed by atoms with Crippen LogP contribution in [-0.4, -0.2) is 37.6 Å². The highest BCUT2D eigenvalue weighted by Gasteiger charge is 2.30. The number of hydrogen-bond donors (Lipinski definition) is 1. The zero-order chi connectivity index (χ0) is 14.5. The molecular formula is C16H21N2O2+. The van der Waals surface area contributed by atoms with E-state index in [0.29, 0.717) is 6.54 Å². The molecule has 0 radical (unpaired) electrons. The lowest BCUT2D eigenvalue weighted by Gasteiger charge is -2.32. The van der Waals surface area contributed by atoms with Crippen LogP contribution in [0.15, 0.2) is 30.3 Å². The highest BCUT2D eigenvalue weighted by molar-refractivity contribution is 5.89. The Labute approximate surface area is 120 Å². The molecule has 0 aliphatic carbocycles. The van der Waals surface area contributed by atoms with Crippen molar-refractivity contribution in [2.24, 2.45) is 0 Å². The topological polar surface area (TPSA) is 54.5 Å². The number of Topliss-reactive ketones (excluding diaryl/α,β-unsaturated/α-hetero) is 1. The second-order valence-corrected chi connectivity index (χ2v) is 5.53. The van der Waals surface area contributed by atoms with E-state index in [1.807, 2.05) is 44.2 Å². The minimum absolute atomic E-state index is 0.00463. The second kappa shape index (κ2) is 6.65. The minimum atomic E-state index is -0.655. The van der Waals surface area contributed by atoms with Gasteiger partial charge in [0.15, 0.2) is 0 Å². The molecule has 4 heteroatoms. The number of hydrogen-bond acceptors (Lipinski definition) is 3. The molecule has 20 heavy (non-hydrogen) atoms. The summed E-state index contributed by atoms with van der Waals surface area (Å²) in [5.74, 6) is -0.660. The third-order valence-electron chi connectivity index (χ3n) is 3.63. The number of rotatable bonds is 4. The molecular weight excluding hydrogens is 252 g/mol. The van der Waals surface area contributed by atoms with Crippen LogP contribution in [0.2, 0.25) is 0 Å². The first-order valence-electron chi connectivity index (χ1n) is 7.06. The number of morpholine rings is 1. The number of quaternary nitrogens is 1. The van der Waals surface area contributed by atoms with Gasteiger partial charge in [-0.05, 0) is 19.4 Å². The maximum Gasteiger partial charge on any atom is 0.208 e. The summed E-state index contributed by atoms with van der Waals surface area (Å²) < 4.78 is 5.67. The molecule has 1 aromatic carbocycles. The average molecular weight is 273 g/mol. The van der Waals surface area contributed by atoms with E-state index < -0.39 is 5.92 Å². The highest BCUT2D eigenvalue weighted by Crippen LogP contribution is 2.14. The van der Waals surface area contributed by atoms with Crippen molar-refractivity contribution in [2.45, 2.75) is 32.0 Å². The molecule has 0 amide bonds. The van der Waals surface area contributed by atoms with E-state index >= 15 is 0 Å². The first-order valence-corrected chi connectivity index (χ1v) is 7.06. The molecule has 1 aliphatic rings. The van der Waals surface area contributed by atoms with Gasteiger partial charge in [0.1, 0.15) is 37.8 Å². The van der Waals surface area contributed by atoms with Crippen LogP contribution in [-0.2, 0) is 9.53 Å². The van der Waals surface area contributed by atoms with Crippen LogP contribution in [0.1, 0.15) is 25.3 Å². The van der Waals surface area contributed by atoms with Gasteiger partial charge in [-0.3, -0.25) is 4.79 Å². The summed E-state index contributed by atoms with van der Waals surface area (Å²) in [6, 6.07) is 11.4. The first-order chi connectivity index (χ1) is 9.60. The second-order valence-electron chi connectivity index (χ2n) is 5.53. The average Bonchev–Trinajstić information content (AvgIpc) is 2.39. The van der Waals surface area contributed by atoms with Gasteiger partial charge in [0.25, 0.3) is 0 Å². The lowest BCUT2D eigenvalue weighted by Crippen LogP contribution is -3.16. The van der Waals surface area contributed by atoms with E-state index in [2.05, 4.69) is 6.07 Å². The molecule has 1 aliphatic heterocycles. The van der Waals surface area contributed by atoms with Crippen molar-refractivity contribution in [2.75, 3.05) is 19.6 Å². The molecule has 1 N–H and O–H groups in total. The van der Waals surface area contributed by atoms with Gasteiger partial charge in [0.05, 0.1) is 6.07 Å². The largest absolute Gasteiger partial charge is 0.364 e. The molecule has 1 unspecified atom stereocenters. The van der Waals surface area contributed by atoms with Crippen molar-refractivity contribution in [3.05, 3.63) is 35.9 Å². The Morgan fingerprint density at radius 2 is 1.95 bits per heavy atom. The van der Waals surface area contributed by atoms with Crippen molar-refractivity contribution >= 4 is 5.78 Å². The molecule has 0 aromatic heterocycles. The highest BCUT2D eigenvalue weighted by atomic mass is 16.5. The number of benzene rings is 1. The van der Waals surface area contributed by atoms with Crippen LogP contribution in [0.25, 0.3) is 0 Å². The van der Waals surface area contributed by atoms with Gasteiger partial charge in [-0.1, -0.05) is 30.3 Å². The standard InChI is InChI=1S/C16H20N2O2/c1-12-9-18(10-13(2)20-12)11-16(19)15(8-17)14-6-4-3-5-7-14/h3-7,12-13,15H,9-11H2,1-2H3/p+1/t12-,13+,15-/m0/s1. The van der Waals surface area contributed by atoms with Gasteiger partial charge in [0, 0.05) is 0 Å². The van der Waals surface area contributed by atoms with Crippen molar-refractivity contribution in [3.63, 3.8) is 0 Å². The molecule has 1 saturated heterocycles. The molecule has 1 heterocycles. The first kappa shape index (κ1) is 14.7. The number of nitriles is 1. The van der Waals surface area contributed by atoms with Crippen LogP contribution in [0.3, 0.4) is 0 Å². The molecule has 1 aromatic rings. The fourth-order valence-electron chi connectivity index (χ4n) is 2.86. The third-order valence-corrected chi connectivity index (χ3v) is 3.63. The SMILES string of the molecule is C[C@@H]1C[NH+](CC(=O)[C@@H](C#N)c2ccccc2)C[C@H](C)O1. The Kier molecular flexibility index (Phi) is 4.89. The number of nitrogens with zero attached hydrogens (tertiary/aromatic N) is 1.